The first kappa shape index (κ1) is 16.4. The van der Waals surface area contributed by atoms with Gasteiger partial charge < -0.3 is 0 Å². The van der Waals surface area contributed by atoms with Crippen molar-refractivity contribution in [2.45, 2.75) is 83.3 Å². The predicted octanol–water partition coefficient (Wildman–Crippen LogP) is 4.68. The van der Waals surface area contributed by atoms with Crippen molar-refractivity contribution in [2.24, 2.45) is 34.5 Å². The van der Waals surface area contributed by atoms with Gasteiger partial charge in [0.1, 0.15) is 0 Å². The third kappa shape index (κ3) is 2.27. The Kier molecular flexibility index (Phi) is 3.71. The van der Waals surface area contributed by atoms with Crippen molar-refractivity contribution in [3.05, 3.63) is 0 Å². The SMILES string of the molecule is C[C@@]12CCC[C@H]1[C@@H]1CCC3CCCC(S(=O)(=O)O)[C@]3(C)[C@H]1CC2. The average molecular weight is 341 g/mol. The zero-order valence-corrected chi connectivity index (χ0v) is 15.4. The lowest BCUT2D eigenvalue weighted by Crippen LogP contribution is -2.58. The maximum absolute atomic E-state index is 12.2. The van der Waals surface area contributed by atoms with Crippen LogP contribution in [-0.2, 0) is 10.1 Å². The molecule has 0 saturated heterocycles. The number of hydrogen-bond acceptors (Lipinski definition) is 2. The molecule has 0 amide bonds. The molecule has 0 aliphatic heterocycles. The summed E-state index contributed by atoms with van der Waals surface area (Å²) in [5.41, 5.74) is 0.311. The van der Waals surface area contributed by atoms with Gasteiger partial charge in [-0.1, -0.05) is 26.7 Å². The summed E-state index contributed by atoms with van der Waals surface area (Å²) in [6.07, 6.45) is 11.8. The fourth-order valence-corrected chi connectivity index (χ4v) is 9.22. The van der Waals surface area contributed by atoms with Crippen molar-refractivity contribution in [2.75, 3.05) is 0 Å². The fraction of sp³-hybridized carbons (Fsp3) is 1.00. The van der Waals surface area contributed by atoms with Crippen molar-refractivity contribution in [3.8, 4) is 0 Å². The van der Waals surface area contributed by atoms with Crippen molar-refractivity contribution in [3.63, 3.8) is 0 Å². The van der Waals surface area contributed by atoms with Gasteiger partial charge >= 0.3 is 0 Å². The Balaban J connectivity index is 1.73. The van der Waals surface area contributed by atoms with Crippen LogP contribution in [-0.4, -0.2) is 18.2 Å². The van der Waals surface area contributed by atoms with E-state index in [9.17, 15) is 13.0 Å². The minimum Gasteiger partial charge on any atom is -0.285 e. The molecule has 4 saturated carbocycles. The van der Waals surface area contributed by atoms with E-state index in [1.807, 2.05) is 0 Å². The molecule has 1 N–H and O–H groups in total. The van der Waals surface area contributed by atoms with E-state index < -0.39 is 15.4 Å². The van der Waals surface area contributed by atoms with Crippen LogP contribution in [0, 0.1) is 34.5 Å². The van der Waals surface area contributed by atoms with Gasteiger partial charge in [-0.05, 0) is 85.9 Å². The Labute approximate surface area is 141 Å². The lowest BCUT2D eigenvalue weighted by Gasteiger charge is -2.61. The molecule has 0 heterocycles. The molecule has 4 heteroatoms. The van der Waals surface area contributed by atoms with Crippen molar-refractivity contribution in [1.82, 2.24) is 0 Å². The van der Waals surface area contributed by atoms with Crippen LogP contribution in [0.25, 0.3) is 0 Å². The normalized spacial score (nSPS) is 53.3. The number of fused-ring (bicyclic) bond motifs is 5. The van der Waals surface area contributed by atoms with Crippen LogP contribution < -0.4 is 0 Å². The van der Waals surface area contributed by atoms with Crippen LogP contribution in [0.15, 0.2) is 0 Å². The first-order valence-corrected chi connectivity index (χ1v) is 11.2. The van der Waals surface area contributed by atoms with Gasteiger partial charge in [-0.15, -0.1) is 0 Å². The summed E-state index contributed by atoms with van der Waals surface area (Å²) in [6, 6.07) is 0. The van der Waals surface area contributed by atoms with Crippen molar-refractivity contribution in [1.29, 1.82) is 0 Å². The topological polar surface area (TPSA) is 54.4 Å². The smallest absolute Gasteiger partial charge is 0.268 e. The van der Waals surface area contributed by atoms with E-state index in [2.05, 4.69) is 13.8 Å². The molecule has 23 heavy (non-hydrogen) atoms. The Morgan fingerprint density at radius 3 is 2.39 bits per heavy atom. The molecule has 4 rings (SSSR count). The van der Waals surface area contributed by atoms with E-state index >= 15 is 0 Å². The van der Waals surface area contributed by atoms with Gasteiger partial charge in [-0.3, -0.25) is 4.55 Å². The second-order valence-electron chi connectivity index (χ2n) is 9.54. The van der Waals surface area contributed by atoms with E-state index in [-0.39, 0.29) is 5.41 Å². The molecule has 0 aromatic carbocycles. The van der Waals surface area contributed by atoms with E-state index in [1.54, 1.807) is 0 Å². The van der Waals surface area contributed by atoms with Gasteiger partial charge in [0.2, 0.25) is 0 Å². The molecule has 0 spiro atoms. The standard InChI is InChI=1S/C19H32O3S/c1-18-11-4-6-15(18)14-9-8-13-5-3-7-17(23(20,21)22)19(13,2)16(14)10-12-18/h13-17H,3-12H2,1-2H3,(H,20,21,22)/t13?,14-,15-,16-,17?,18-,19-/m0/s1. The minimum atomic E-state index is -3.94. The molecule has 0 aromatic heterocycles. The first-order valence-electron chi connectivity index (χ1n) is 9.73. The van der Waals surface area contributed by atoms with E-state index in [4.69, 9.17) is 0 Å². The van der Waals surface area contributed by atoms with Gasteiger partial charge in [0, 0.05) is 0 Å². The summed E-state index contributed by atoms with van der Waals surface area (Å²) >= 11 is 0. The molecule has 4 fully saturated rings. The van der Waals surface area contributed by atoms with E-state index in [1.165, 1.54) is 44.9 Å². The second-order valence-corrected chi connectivity index (χ2v) is 11.1. The highest BCUT2D eigenvalue weighted by molar-refractivity contribution is 7.86. The molecule has 7 atom stereocenters. The molecule has 132 valence electrons. The minimum absolute atomic E-state index is 0.196. The van der Waals surface area contributed by atoms with Crippen LogP contribution >= 0.6 is 0 Å². The largest absolute Gasteiger partial charge is 0.285 e. The maximum Gasteiger partial charge on any atom is 0.268 e. The summed E-state index contributed by atoms with van der Waals surface area (Å²) in [5, 5.41) is -0.521. The van der Waals surface area contributed by atoms with E-state index in [0.717, 1.165) is 18.8 Å². The third-order valence-corrected chi connectivity index (χ3v) is 10.3. The summed E-state index contributed by atoms with van der Waals surface area (Å²) in [4.78, 5) is 0. The van der Waals surface area contributed by atoms with Gasteiger partial charge in [0.25, 0.3) is 10.1 Å². The van der Waals surface area contributed by atoms with Gasteiger partial charge in [-0.25, -0.2) is 0 Å². The zero-order valence-electron chi connectivity index (χ0n) is 14.6. The molecule has 0 aromatic rings. The highest BCUT2D eigenvalue weighted by atomic mass is 32.2. The quantitative estimate of drug-likeness (QED) is 0.705. The van der Waals surface area contributed by atoms with Crippen LogP contribution in [0.2, 0.25) is 0 Å². The van der Waals surface area contributed by atoms with Crippen molar-refractivity contribution >= 4 is 10.1 Å². The van der Waals surface area contributed by atoms with Crippen molar-refractivity contribution < 1.29 is 13.0 Å². The van der Waals surface area contributed by atoms with Crippen LogP contribution in [0.5, 0.6) is 0 Å². The third-order valence-electron chi connectivity index (χ3n) is 8.82. The van der Waals surface area contributed by atoms with Gasteiger partial charge in [0.05, 0.1) is 5.25 Å². The Morgan fingerprint density at radius 2 is 1.65 bits per heavy atom. The molecule has 2 unspecified atom stereocenters. The Bertz CT molecular complexity index is 585. The van der Waals surface area contributed by atoms with Crippen LogP contribution in [0.1, 0.15) is 78.1 Å². The molecular formula is C19H32O3S. The number of hydrogen-bond donors (Lipinski definition) is 1. The molecule has 3 nitrogen and oxygen atoms in total. The summed E-state index contributed by atoms with van der Waals surface area (Å²) in [6.45, 7) is 4.71. The first-order chi connectivity index (χ1) is 10.8. The Hall–Kier alpha value is -0.0900. The fourth-order valence-electron chi connectivity index (χ4n) is 7.75. The molecule has 4 aliphatic carbocycles. The summed E-state index contributed by atoms with van der Waals surface area (Å²) < 4.78 is 34.3. The average Bonchev–Trinajstić information content (AvgIpc) is 2.86. The summed E-state index contributed by atoms with van der Waals surface area (Å²) in [7, 11) is -3.94. The molecule has 0 bridgehead atoms. The maximum atomic E-state index is 12.2. The zero-order chi connectivity index (χ0) is 16.5. The monoisotopic (exact) mass is 340 g/mol. The van der Waals surface area contributed by atoms with Gasteiger partial charge in [-0.2, -0.15) is 8.42 Å². The second kappa shape index (κ2) is 5.20. The molecule has 4 aliphatic rings. The highest BCUT2D eigenvalue weighted by Crippen LogP contribution is 2.66. The number of rotatable bonds is 1. The van der Waals surface area contributed by atoms with Gasteiger partial charge in [0.15, 0.2) is 0 Å². The summed E-state index contributed by atoms with van der Waals surface area (Å²) in [5.74, 6) is 2.49. The van der Waals surface area contributed by atoms with Crippen LogP contribution in [0.4, 0.5) is 0 Å². The Morgan fingerprint density at radius 1 is 0.870 bits per heavy atom. The predicted molar refractivity (Wildman–Crippen MR) is 91.7 cm³/mol. The lowest BCUT2D eigenvalue weighted by atomic mass is 9.45. The molecule has 0 radical (unpaired) electrons. The molecular weight excluding hydrogens is 308 g/mol. The van der Waals surface area contributed by atoms with E-state index in [0.29, 0.717) is 29.6 Å². The highest BCUT2D eigenvalue weighted by Gasteiger charge is 2.61. The lowest BCUT2D eigenvalue weighted by molar-refractivity contribution is -0.101. The van der Waals surface area contributed by atoms with Crippen LogP contribution in [0.3, 0.4) is 0 Å².